The number of nitrogens with one attached hydrogen (secondary N) is 1. The Morgan fingerprint density at radius 3 is 2.96 bits per heavy atom. The van der Waals surface area contributed by atoms with E-state index in [2.05, 4.69) is 20.1 Å². The first-order chi connectivity index (χ1) is 11.6. The fraction of sp³-hybridized carbons (Fsp3) is 0.500. The van der Waals surface area contributed by atoms with E-state index in [9.17, 15) is 4.79 Å². The third-order valence-corrected chi connectivity index (χ3v) is 4.34. The van der Waals surface area contributed by atoms with Gasteiger partial charge in [0.05, 0.1) is 0 Å². The summed E-state index contributed by atoms with van der Waals surface area (Å²) in [5.74, 6) is 1.94. The summed E-state index contributed by atoms with van der Waals surface area (Å²) in [7, 11) is 0. The summed E-state index contributed by atoms with van der Waals surface area (Å²) in [6, 6.07) is 7.85. The SMILES string of the molecule is CC(N)CCC(=O)Nc1cccc(-c2nnc3n2CCCCC3)c1.Cl. The largest absolute Gasteiger partial charge is 0.328 e. The minimum atomic E-state index is -0.00970. The van der Waals surface area contributed by atoms with Crippen LogP contribution in [0.25, 0.3) is 11.4 Å². The van der Waals surface area contributed by atoms with E-state index in [1.54, 1.807) is 0 Å². The van der Waals surface area contributed by atoms with Crippen molar-refractivity contribution in [2.75, 3.05) is 5.32 Å². The Bertz CT molecular complexity index is 713. The minimum absolute atomic E-state index is 0. The summed E-state index contributed by atoms with van der Waals surface area (Å²) in [5, 5.41) is 11.7. The monoisotopic (exact) mass is 363 g/mol. The van der Waals surface area contributed by atoms with Crippen LogP contribution < -0.4 is 11.1 Å². The van der Waals surface area contributed by atoms with Gasteiger partial charge in [-0.3, -0.25) is 4.79 Å². The lowest BCUT2D eigenvalue weighted by atomic mass is 10.1. The van der Waals surface area contributed by atoms with Crippen molar-refractivity contribution in [3.8, 4) is 11.4 Å². The van der Waals surface area contributed by atoms with Gasteiger partial charge in [0.15, 0.2) is 5.82 Å². The second-order valence-electron chi connectivity index (χ2n) is 6.55. The van der Waals surface area contributed by atoms with Crippen LogP contribution in [0.3, 0.4) is 0 Å². The van der Waals surface area contributed by atoms with Gasteiger partial charge in [0, 0.05) is 36.7 Å². The first-order valence-electron chi connectivity index (χ1n) is 8.71. The number of benzene rings is 1. The fourth-order valence-electron chi connectivity index (χ4n) is 3.02. The van der Waals surface area contributed by atoms with Crippen molar-refractivity contribution in [3.63, 3.8) is 0 Å². The lowest BCUT2D eigenvalue weighted by molar-refractivity contribution is -0.116. The van der Waals surface area contributed by atoms with Gasteiger partial charge in [-0.15, -0.1) is 22.6 Å². The van der Waals surface area contributed by atoms with Crippen LogP contribution >= 0.6 is 12.4 Å². The molecule has 0 radical (unpaired) electrons. The summed E-state index contributed by atoms with van der Waals surface area (Å²) in [6.45, 7) is 2.87. The van der Waals surface area contributed by atoms with E-state index in [-0.39, 0.29) is 24.4 Å². The molecule has 0 spiro atoms. The van der Waals surface area contributed by atoms with Gasteiger partial charge in [0.1, 0.15) is 5.82 Å². The Morgan fingerprint density at radius 1 is 1.32 bits per heavy atom. The molecule has 25 heavy (non-hydrogen) atoms. The molecule has 0 saturated carbocycles. The zero-order valence-corrected chi connectivity index (χ0v) is 15.4. The molecular formula is C18H26ClN5O. The fourth-order valence-corrected chi connectivity index (χ4v) is 3.02. The molecule has 0 fully saturated rings. The third-order valence-electron chi connectivity index (χ3n) is 4.34. The molecular weight excluding hydrogens is 338 g/mol. The van der Waals surface area contributed by atoms with Crippen LogP contribution in [0, 0.1) is 0 Å². The number of nitrogens with zero attached hydrogens (tertiary/aromatic N) is 3. The Hall–Kier alpha value is -1.92. The summed E-state index contributed by atoms with van der Waals surface area (Å²) in [4.78, 5) is 12.0. The van der Waals surface area contributed by atoms with E-state index in [4.69, 9.17) is 5.73 Å². The molecule has 3 rings (SSSR count). The first-order valence-corrected chi connectivity index (χ1v) is 8.71. The molecule has 1 aromatic carbocycles. The van der Waals surface area contributed by atoms with Crippen molar-refractivity contribution in [1.82, 2.24) is 14.8 Å². The van der Waals surface area contributed by atoms with Gasteiger partial charge in [-0.2, -0.15) is 0 Å². The average Bonchev–Trinajstić information content (AvgIpc) is 2.82. The van der Waals surface area contributed by atoms with Crippen LogP contribution in [0.15, 0.2) is 24.3 Å². The summed E-state index contributed by atoms with van der Waals surface area (Å²) in [6.07, 6.45) is 5.67. The number of hydrogen-bond acceptors (Lipinski definition) is 4. The number of aromatic nitrogens is 3. The molecule has 6 nitrogen and oxygen atoms in total. The molecule has 0 bridgehead atoms. The summed E-state index contributed by atoms with van der Waals surface area (Å²) in [5.41, 5.74) is 7.47. The highest BCUT2D eigenvalue weighted by atomic mass is 35.5. The van der Waals surface area contributed by atoms with Crippen LogP contribution in [0.4, 0.5) is 5.69 Å². The van der Waals surface area contributed by atoms with Gasteiger partial charge in [-0.25, -0.2) is 0 Å². The van der Waals surface area contributed by atoms with Crippen molar-refractivity contribution in [1.29, 1.82) is 0 Å². The van der Waals surface area contributed by atoms with Gasteiger partial charge in [0.25, 0.3) is 0 Å². The van der Waals surface area contributed by atoms with Crippen molar-refractivity contribution < 1.29 is 4.79 Å². The van der Waals surface area contributed by atoms with Gasteiger partial charge in [0.2, 0.25) is 5.91 Å². The van der Waals surface area contributed by atoms with Crippen LogP contribution in [0.2, 0.25) is 0 Å². The molecule has 1 atom stereocenters. The van der Waals surface area contributed by atoms with Crippen molar-refractivity contribution in [3.05, 3.63) is 30.1 Å². The maximum atomic E-state index is 12.0. The summed E-state index contributed by atoms with van der Waals surface area (Å²) < 4.78 is 2.21. The van der Waals surface area contributed by atoms with Crippen LogP contribution in [0.5, 0.6) is 0 Å². The standard InChI is InChI=1S/C18H25N5O.ClH/c1-13(19)9-10-17(24)20-15-7-5-6-14(12-15)18-22-21-16-8-3-2-4-11-23(16)18;/h5-7,12-13H,2-4,8-11,19H2,1H3,(H,20,24);1H. The zero-order chi connectivity index (χ0) is 16.9. The van der Waals surface area contributed by atoms with Crippen molar-refractivity contribution in [2.24, 2.45) is 5.73 Å². The van der Waals surface area contributed by atoms with Crippen LogP contribution in [0.1, 0.15) is 44.9 Å². The normalized spacial score (nSPS) is 14.8. The quantitative estimate of drug-likeness (QED) is 0.854. The Kier molecular flexibility index (Phi) is 6.96. The predicted octanol–water partition coefficient (Wildman–Crippen LogP) is 3.16. The highest BCUT2D eigenvalue weighted by Crippen LogP contribution is 2.24. The molecule has 0 aliphatic carbocycles. The van der Waals surface area contributed by atoms with E-state index in [0.29, 0.717) is 12.8 Å². The third kappa shape index (κ3) is 5.03. The molecule has 0 saturated heterocycles. The number of halogens is 1. The number of carbonyl (C=O) groups is 1. The second-order valence-corrected chi connectivity index (χ2v) is 6.55. The molecule has 1 aliphatic heterocycles. The minimum Gasteiger partial charge on any atom is -0.328 e. The van der Waals surface area contributed by atoms with E-state index in [1.165, 1.54) is 12.8 Å². The van der Waals surface area contributed by atoms with Gasteiger partial charge >= 0.3 is 0 Å². The molecule has 1 aliphatic rings. The molecule has 136 valence electrons. The smallest absolute Gasteiger partial charge is 0.224 e. The van der Waals surface area contributed by atoms with E-state index < -0.39 is 0 Å². The van der Waals surface area contributed by atoms with Gasteiger partial charge < -0.3 is 15.6 Å². The van der Waals surface area contributed by atoms with E-state index in [1.807, 2.05) is 31.2 Å². The van der Waals surface area contributed by atoms with Crippen molar-refractivity contribution in [2.45, 2.75) is 58.0 Å². The number of hydrogen-bond donors (Lipinski definition) is 2. The average molecular weight is 364 g/mol. The first kappa shape index (κ1) is 19.4. The highest BCUT2D eigenvalue weighted by molar-refractivity contribution is 5.91. The number of anilines is 1. The number of amides is 1. The number of rotatable bonds is 5. The van der Waals surface area contributed by atoms with Gasteiger partial charge in [-0.1, -0.05) is 18.6 Å². The van der Waals surface area contributed by atoms with E-state index >= 15 is 0 Å². The Balaban J connectivity index is 0.00000225. The zero-order valence-electron chi connectivity index (χ0n) is 14.6. The second kappa shape index (κ2) is 8.97. The lowest BCUT2D eigenvalue weighted by Gasteiger charge is -2.10. The molecule has 1 aromatic heterocycles. The highest BCUT2D eigenvalue weighted by Gasteiger charge is 2.16. The maximum absolute atomic E-state index is 12.0. The topological polar surface area (TPSA) is 85.8 Å². The number of aryl methyl sites for hydroxylation is 1. The number of carbonyl (C=O) groups excluding carboxylic acids is 1. The van der Waals surface area contributed by atoms with Crippen molar-refractivity contribution >= 4 is 24.0 Å². The molecule has 2 heterocycles. The maximum Gasteiger partial charge on any atom is 0.224 e. The molecule has 2 aromatic rings. The van der Waals surface area contributed by atoms with Crippen LogP contribution in [-0.2, 0) is 17.8 Å². The predicted molar refractivity (Wildman–Crippen MR) is 102 cm³/mol. The van der Waals surface area contributed by atoms with Crippen LogP contribution in [-0.4, -0.2) is 26.7 Å². The Labute approximate surface area is 154 Å². The van der Waals surface area contributed by atoms with Gasteiger partial charge in [-0.05, 0) is 38.3 Å². The Morgan fingerprint density at radius 2 is 2.16 bits per heavy atom. The summed E-state index contributed by atoms with van der Waals surface area (Å²) >= 11 is 0. The van der Waals surface area contributed by atoms with E-state index in [0.717, 1.165) is 42.3 Å². The number of nitrogens with two attached hydrogens (primary N) is 1. The molecule has 1 amide bonds. The number of fused-ring (bicyclic) bond motifs is 1. The lowest BCUT2D eigenvalue weighted by Crippen LogP contribution is -2.19. The molecule has 3 N–H and O–H groups in total. The molecule has 1 unspecified atom stereocenters. The molecule has 7 heteroatoms.